The lowest BCUT2D eigenvalue weighted by Crippen LogP contribution is -2.30. The first kappa shape index (κ1) is 20.3. The quantitative estimate of drug-likeness (QED) is 0.794. The fourth-order valence-corrected chi connectivity index (χ4v) is 4.14. The van der Waals surface area contributed by atoms with Crippen molar-refractivity contribution in [3.63, 3.8) is 0 Å². The Hall–Kier alpha value is -2.93. The number of nitrogens with zero attached hydrogens (tertiary/aromatic N) is 3. The number of rotatable bonds is 6. The van der Waals surface area contributed by atoms with Gasteiger partial charge in [-0.1, -0.05) is 0 Å². The van der Waals surface area contributed by atoms with Crippen LogP contribution in [0.2, 0.25) is 0 Å². The summed E-state index contributed by atoms with van der Waals surface area (Å²) in [7, 11) is 5.95. The Kier molecular flexibility index (Phi) is 5.47. The van der Waals surface area contributed by atoms with Crippen LogP contribution in [0.25, 0.3) is 11.1 Å². The molecule has 2 heterocycles. The highest BCUT2D eigenvalue weighted by atomic mass is 19.1. The van der Waals surface area contributed by atoms with Crippen LogP contribution in [0.4, 0.5) is 15.8 Å². The first-order valence-corrected chi connectivity index (χ1v) is 10.2. The second-order valence-corrected chi connectivity index (χ2v) is 8.15. The molecule has 0 saturated heterocycles. The fraction of sp³-hybridized carbons (Fsp3) is 0.391. The lowest BCUT2D eigenvalue weighted by atomic mass is 9.91. The molecule has 4 rings (SSSR count). The highest BCUT2D eigenvalue weighted by Crippen LogP contribution is 2.44. The third-order valence-corrected chi connectivity index (χ3v) is 5.70. The number of hydrogen-bond acceptors (Lipinski definition) is 5. The first-order valence-electron chi connectivity index (χ1n) is 10.2. The van der Waals surface area contributed by atoms with Gasteiger partial charge >= 0.3 is 0 Å². The molecule has 2 aliphatic rings. The number of carbonyl (C=O) groups excluding carboxylic acids is 1. The number of likely N-dealkylation sites (N-methyl/N-ethyl adjacent to an activating group) is 2. The van der Waals surface area contributed by atoms with Crippen LogP contribution in [-0.2, 0) is 12.8 Å². The Morgan fingerprint density at radius 2 is 2.03 bits per heavy atom. The molecule has 0 unspecified atom stereocenters. The molecular formula is C23H27FN4O2. The summed E-state index contributed by atoms with van der Waals surface area (Å²) in [5.74, 6) is -0.485. The smallest absolute Gasteiger partial charge is 0.251 e. The Labute approximate surface area is 176 Å². The summed E-state index contributed by atoms with van der Waals surface area (Å²) < 4.78 is 20.3. The molecule has 1 amide bonds. The molecule has 0 saturated carbocycles. The molecule has 0 bridgehead atoms. The van der Waals surface area contributed by atoms with Gasteiger partial charge in [0.25, 0.3) is 5.91 Å². The van der Waals surface area contributed by atoms with Crippen molar-refractivity contribution in [2.75, 3.05) is 45.7 Å². The van der Waals surface area contributed by atoms with Gasteiger partial charge in [-0.15, -0.1) is 0 Å². The van der Waals surface area contributed by atoms with E-state index in [0.29, 0.717) is 30.0 Å². The number of aryl methyl sites for hydroxylation is 1. The SMILES string of the molecule is CN(C)CCN(C)c1cc(-c2cc(F)c3c(c2)CCCO3)c2c(c1C(N)=O)CC=N2. The molecule has 30 heavy (non-hydrogen) atoms. The molecule has 0 atom stereocenters. The van der Waals surface area contributed by atoms with Crippen molar-refractivity contribution in [1.29, 1.82) is 0 Å². The summed E-state index contributed by atoms with van der Waals surface area (Å²) in [6, 6.07) is 5.40. The maximum absolute atomic E-state index is 14.8. The maximum atomic E-state index is 14.8. The Morgan fingerprint density at radius 1 is 1.23 bits per heavy atom. The predicted molar refractivity (Wildman–Crippen MR) is 118 cm³/mol. The van der Waals surface area contributed by atoms with Gasteiger partial charge in [-0.3, -0.25) is 9.79 Å². The van der Waals surface area contributed by atoms with Gasteiger partial charge in [-0.05, 0) is 61.8 Å². The minimum atomic E-state index is -0.472. The molecule has 2 aliphatic heterocycles. The van der Waals surface area contributed by atoms with E-state index < -0.39 is 5.91 Å². The highest BCUT2D eigenvalue weighted by molar-refractivity contribution is 6.06. The van der Waals surface area contributed by atoms with Crippen molar-refractivity contribution < 1.29 is 13.9 Å². The van der Waals surface area contributed by atoms with E-state index in [4.69, 9.17) is 10.5 Å². The van der Waals surface area contributed by atoms with Crippen molar-refractivity contribution in [3.05, 3.63) is 40.7 Å². The number of nitrogens with two attached hydrogens (primary N) is 1. The molecule has 2 aromatic carbocycles. The van der Waals surface area contributed by atoms with Crippen molar-refractivity contribution in [3.8, 4) is 16.9 Å². The van der Waals surface area contributed by atoms with E-state index in [-0.39, 0.29) is 5.82 Å². The van der Waals surface area contributed by atoms with Gasteiger partial charge in [-0.2, -0.15) is 0 Å². The van der Waals surface area contributed by atoms with Gasteiger partial charge in [0, 0.05) is 38.3 Å². The number of anilines is 1. The van der Waals surface area contributed by atoms with Crippen LogP contribution >= 0.6 is 0 Å². The van der Waals surface area contributed by atoms with Crippen LogP contribution in [0.3, 0.4) is 0 Å². The molecular weight excluding hydrogens is 383 g/mol. The topological polar surface area (TPSA) is 71.2 Å². The third kappa shape index (κ3) is 3.65. The average Bonchev–Trinajstić information content (AvgIpc) is 3.20. The number of halogens is 1. The van der Waals surface area contributed by atoms with E-state index in [1.807, 2.05) is 38.2 Å². The second kappa shape index (κ2) is 8.07. The summed E-state index contributed by atoms with van der Waals surface area (Å²) in [6.07, 6.45) is 3.96. The molecule has 7 heteroatoms. The zero-order chi connectivity index (χ0) is 21.4. The van der Waals surface area contributed by atoms with Gasteiger partial charge in [0.1, 0.15) is 0 Å². The number of amides is 1. The summed E-state index contributed by atoms with van der Waals surface area (Å²) in [4.78, 5) is 21.0. The van der Waals surface area contributed by atoms with Gasteiger partial charge in [-0.25, -0.2) is 4.39 Å². The molecule has 0 fully saturated rings. The Morgan fingerprint density at radius 3 is 2.77 bits per heavy atom. The van der Waals surface area contributed by atoms with Crippen LogP contribution in [0, 0.1) is 5.82 Å². The summed E-state index contributed by atoms with van der Waals surface area (Å²) in [5.41, 5.74) is 10.9. The molecule has 2 aromatic rings. The molecule has 6 nitrogen and oxygen atoms in total. The van der Waals surface area contributed by atoms with Gasteiger partial charge in [0.2, 0.25) is 0 Å². The summed E-state index contributed by atoms with van der Waals surface area (Å²) in [6.45, 7) is 2.08. The highest BCUT2D eigenvalue weighted by Gasteiger charge is 2.27. The third-order valence-electron chi connectivity index (χ3n) is 5.70. The lowest BCUT2D eigenvalue weighted by Gasteiger charge is -2.26. The van der Waals surface area contributed by atoms with Crippen LogP contribution in [0.5, 0.6) is 5.75 Å². The first-order chi connectivity index (χ1) is 14.4. The van der Waals surface area contributed by atoms with Crippen molar-refractivity contribution in [2.45, 2.75) is 19.3 Å². The van der Waals surface area contributed by atoms with E-state index >= 15 is 0 Å². The maximum Gasteiger partial charge on any atom is 0.251 e. The van der Waals surface area contributed by atoms with Crippen molar-refractivity contribution in [1.82, 2.24) is 4.90 Å². The number of benzene rings is 2. The van der Waals surface area contributed by atoms with Gasteiger partial charge < -0.3 is 20.3 Å². The van der Waals surface area contributed by atoms with E-state index in [0.717, 1.165) is 53.9 Å². The normalized spacial score (nSPS) is 14.4. The zero-order valence-corrected chi connectivity index (χ0v) is 17.7. The van der Waals surface area contributed by atoms with E-state index in [1.165, 1.54) is 6.07 Å². The second-order valence-electron chi connectivity index (χ2n) is 8.15. The number of aliphatic imine (C=N–C) groups is 1. The Balaban J connectivity index is 1.88. The molecule has 0 aliphatic carbocycles. The number of ether oxygens (including phenoxy) is 1. The molecule has 0 spiro atoms. The average molecular weight is 410 g/mol. The van der Waals surface area contributed by atoms with Gasteiger partial charge in [0.15, 0.2) is 11.6 Å². The zero-order valence-electron chi connectivity index (χ0n) is 17.7. The van der Waals surface area contributed by atoms with E-state index in [1.54, 1.807) is 6.21 Å². The molecule has 0 aromatic heterocycles. The molecule has 2 N–H and O–H groups in total. The summed E-state index contributed by atoms with van der Waals surface area (Å²) >= 11 is 0. The molecule has 158 valence electrons. The predicted octanol–water partition coefficient (Wildman–Crippen LogP) is 3.17. The molecule has 0 radical (unpaired) electrons. The van der Waals surface area contributed by atoms with Crippen molar-refractivity contribution in [2.24, 2.45) is 10.7 Å². The lowest BCUT2D eigenvalue weighted by molar-refractivity contribution is 0.1000. The van der Waals surface area contributed by atoms with Gasteiger partial charge in [0.05, 0.1) is 23.5 Å². The van der Waals surface area contributed by atoms with Crippen molar-refractivity contribution >= 4 is 23.5 Å². The fourth-order valence-electron chi connectivity index (χ4n) is 4.14. The van der Waals surface area contributed by atoms with E-state index in [2.05, 4.69) is 9.89 Å². The number of fused-ring (bicyclic) bond motifs is 2. The minimum Gasteiger partial charge on any atom is -0.490 e. The van der Waals surface area contributed by atoms with Crippen LogP contribution in [0.15, 0.2) is 23.2 Å². The largest absolute Gasteiger partial charge is 0.490 e. The van der Waals surface area contributed by atoms with Crippen LogP contribution in [-0.4, -0.2) is 57.9 Å². The Bertz CT molecular complexity index is 1030. The van der Waals surface area contributed by atoms with Crippen LogP contribution < -0.4 is 15.4 Å². The van der Waals surface area contributed by atoms with Crippen LogP contribution in [0.1, 0.15) is 27.9 Å². The minimum absolute atomic E-state index is 0.349. The monoisotopic (exact) mass is 410 g/mol. The number of primary amides is 1. The number of hydrogen-bond donors (Lipinski definition) is 1. The number of carbonyl (C=O) groups is 1. The summed E-state index contributed by atoms with van der Waals surface area (Å²) in [5, 5.41) is 0. The standard InChI is InChI=1S/C23H27FN4O2/c1-27(2)8-9-28(3)19-13-17(21-16(6-7-26-21)20(19)23(25)29)15-11-14-5-4-10-30-22(14)18(24)12-15/h7,11-13H,4-6,8-10H2,1-3H3,(H2,25,29). The van der Waals surface area contributed by atoms with E-state index in [9.17, 15) is 9.18 Å².